The topological polar surface area (TPSA) is 55.8 Å². The second kappa shape index (κ2) is 8.67. The molecule has 1 amide bonds. The van der Waals surface area contributed by atoms with Gasteiger partial charge in [0, 0.05) is 0 Å². The lowest BCUT2D eigenvalue weighted by molar-refractivity contribution is -0.143. The quantitative estimate of drug-likeness (QED) is 0.724. The van der Waals surface area contributed by atoms with Crippen LogP contribution in [-0.2, 0) is 19.1 Å². The highest BCUT2D eigenvalue weighted by atomic mass is 16.5. The van der Waals surface area contributed by atoms with Gasteiger partial charge in [-0.3, -0.25) is 9.69 Å². The van der Waals surface area contributed by atoms with Gasteiger partial charge in [-0.05, 0) is 45.2 Å². The van der Waals surface area contributed by atoms with E-state index in [1.165, 1.54) is 12.0 Å². The van der Waals surface area contributed by atoms with Crippen molar-refractivity contribution in [3.63, 3.8) is 0 Å². The molecule has 0 aliphatic carbocycles. The van der Waals surface area contributed by atoms with Gasteiger partial charge in [-0.25, -0.2) is 4.79 Å². The van der Waals surface area contributed by atoms with Crippen LogP contribution >= 0.6 is 0 Å². The minimum Gasteiger partial charge on any atom is -0.467 e. The molecule has 0 heterocycles. The third-order valence-corrected chi connectivity index (χ3v) is 3.94. The highest BCUT2D eigenvalue weighted by Crippen LogP contribution is 2.27. The molecule has 2 unspecified atom stereocenters. The number of para-hydroxylation sites is 1. The van der Waals surface area contributed by atoms with Crippen LogP contribution in [0.5, 0.6) is 0 Å². The number of carbonyl (C=O) groups excluding carboxylic acids is 2. The Morgan fingerprint density at radius 3 is 2.22 bits per heavy atom. The molecule has 0 N–H and O–H groups in total. The molecule has 0 bridgehead atoms. The fraction of sp³-hybridized carbons (Fsp3) is 0.556. The molecule has 1 aromatic carbocycles. The average Bonchev–Trinajstić information content (AvgIpc) is 2.54. The van der Waals surface area contributed by atoms with Gasteiger partial charge in [0.1, 0.15) is 12.6 Å². The minimum atomic E-state index is -0.715. The fourth-order valence-electron chi connectivity index (χ4n) is 2.40. The van der Waals surface area contributed by atoms with E-state index in [-0.39, 0.29) is 18.6 Å². The third-order valence-electron chi connectivity index (χ3n) is 3.94. The van der Waals surface area contributed by atoms with Crippen molar-refractivity contribution in [2.75, 3.05) is 18.6 Å². The molecule has 0 spiro atoms. The van der Waals surface area contributed by atoms with Crippen molar-refractivity contribution in [2.45, 2.75) is 53.2 Å². The monoisotopic (exact) mass is 321 g/mol. The molecule has 1 aromatic rings. The van der Waals surface area contributed by atoms with Crippen molar-refractivity contribution in [3.05, 3.63) is 29.3 Å². The summed E-state index contributed by atoms with van der Waals surface area (Å²) in [7, 11) is 1.32. The Labute approximate surface area is 138 Å². The highest BCUT2D eigenvalue weighted by molar-refractivity contribution is 6.01. The molecular formula is C18H27NO4. The lowest BCUT2D eigenvalue weighted by atomic mass is 10.1. The van der Waals surface area contributed by atoms with Crippen molar-refractivity contribution in [3.8, 4) is 0 Å². The first-order valence-corrected chi connectivity index (χ1v) is 7.91. The van der Waals surface area contributed by atoms with E-state index >= 15 is 0 Å². The molecular weight excluding hydrogens is 294 g/mol. The molecule has 0 aliphatic heterocycles. The number of amides is 1. The lowest BCUT2D eigenvalue weighted by Gasteiger charge is -2.30. The van der Waals surface area contributed by atoms with E-state index < -0.39 is 12.0 Å². The number of hydrogen-bond donors (Lipinski definition) is 0. The van der Waals surface area contributed by atoms with Gasteiger partial charge in [0.05, 0.1) is 18.9 Å². The van der Waals surface area contributed by atoms with Crippen LogP contribution in [0.3, 0.4) is 0 Å². The van der Waals surface area contributed by atoms with Crippen LogP contribution in [0.4, 0.5) is 5.69 Å². The van der Waals surface area contributed by atoms with Gasteiger partial charge >= 0.3 is 5.97 Å². The van der Waals surface area contributed by atoms with Gasteiger partial charge in [0.25, 0.3) is 5.91 Å². The molecule has 0 fully saturated rings. The molecule has 23 heavy (non-hydrogen) atoms. The summed E-state index contributed by atoms with van der Waals surface area (Å²) in [5.74, 6) is -0.704. The zero-order valence-electron chi connectivity index (χ0n) is 14.9. The summed E-state index contributed by atoms with van der Waals surface area (Å²) < 4.78 is 10.4. The summed E-state index contributed by atoms with van der Waals surface area (Å²) in [6, 6.07) is 5.05. The molecule has 5 heteroatoms. The van der Waals surface area contributed by atoms with Crippen LogP contribution < -0.4 is 4.90 Å². The first-order valence-electron chi connectivity index (χ1n) is 7.91. The van der Waals surface area contributed by atoms with Gasteiger partial charge in [-0.1, -0.05) is 25.1 Å². The van der Waals surface area contributed by atoms with Crippen LogP contribution in [0.1, 0.15) is 38.3 Å². The Morgan fingerprint density at radius 1 is 1.17 bits per heavy atom. The van der Waals surface area contributed by atoms with Gasteiger partial charge in [0.2, 0.25) is 0 Å². The van der Waals surface area contributed by atoms with Crippen LogP contribution in [0.2, 0.25) is 0 Å². The summed E-state index contributed by atoms with van der Waals surface area (Å²) in [5, 5.41) is 0. The summed E-state index contributed by atoms with van der Waals surface area (Å²) >= 11 is 0. The average molecular weight is 321 g/mol. The standard InChI is InChI=1S/C18H27NO4/c1-7-14(4)23-11-16(20)19(15(5)18(21)22-6)17-12(2)9-8-10-13(17)3/h8-10,14-15H,7,11H2,1-6H3. The fourth-order valence-corrected chi connectivity index (χ4v) is 2.40. The number of ether oxygens (including phenoxy) is 2. The van der Waals surface area contributed by atoms with Crippen LogP contribution in [0, 0.1) is 13.8 Å². The summed E-state index contributed by atoms with van der Waals surface area (Å²) in [6.45, 7) is 9.35. The maximum absolute atomic E-state index is 12.7. The van der Waals surface area contributed by atoms with Gasteiger partial charge < -0.3 is 9.47 Å². The molecule has 5 nitrogen and oxygen atoms in total. The van der Waals surface area contributed by atoms with Crippen LogP contribution in [0.25, 0.3) is 0 Å². The van der Waals surface area contributed by atoms with Gasteiger partial charge in [-0.15, -0.1) is 0 Å². The Kier molecular flexibility index (Phi) is 7.23. The number of aryl methyl sites for hydroxylation is 2. The first kappa shape index (κ1) is 19.2. The van der Waals surface area contributed by atoms with Crippen molar-refractivity contribution in [2.24, 2.45) is 0 Å². The maximum atomic E-state index is 12.7. The highest BCUT2D eigenvalue weighted by Gasteiger charge is 2.30. The van der Waals surface area contributed by atoms with E-state index in [0.29, 0.717) is 0 Å². The number of hydrogen-bond acceptors (Lipinski definition) is 4. The van der Waals surface area contributed by atoms with Gasteiger partial charge in [-0.2, -0.15) is 0 Å². The number of methoxy groups -OCH3 is 1. The lowest BCUT2D eigenvalue weighted by Crippen LogP contribution is -2.46. The Balaban J connectivity index is 3.17. The smallest absolute Gasteiger partial charge is 0.328 e. The minimum absolute atomic E-state index is 0.00722. The summed E-state index contributed by atoms with van der Waals surface area (Å²) in [6.07, 6.45) is 0.815. The SMILES string of the molecule is CCC(C)OCC(=O)N(c1c(C)cccc1C)C(C)C(=O)OC. The van der Waals surface area contributed by atoms with E-state index in [1.54, 1.807) is 6.92 Å². The third kappa shape index (κ3) is 4.79. The number of esters is 1. The van der Waals surface area contributed by atoms with Gasteiger partial charge in [0.15, 0.2) is 0 Å². The van der Waals surface area contributed by atoms with E-state index in [4.69, 9.17) is 9.47 Å². The molecule has 1 rings (SSSR count). The van der Waals surface area contributed by atoms with Crippen molar-refractivity contribution in [1.29, 1.82) is 0 Å². The zero-order valence-corrected chi connectivity index (χ0v) is 14.9. The second-order valence-corrected chi connectivity index (χ2v) is 5.73. The molecule has 0 saturated carbocycles. The predicted molar refractivity (Wildman–Crippen MR) is 90.6 cm³/mol. The van der Waals surface area contributed by atoms with E-state index in [2.05, 4.69) is 0 Å². The van der Waals surface area contributed by atoms with E-state index in [1.807, 2.05) is 45.9 Å². The maximum Gasteiger partial charge on any atom is 0.328 e. The molecule has 2 atom stereocenters. The van der Waals surface area contributed by atoms with Crippen LogP contribution in [0.15, 0.2) is 18.2 Å². The molecule has 128 valence electrons. The Morgan fingerprint density at radius 2 is 1.74 bits per heavy atom. The number of benzene rings is 1. The zero-order chi connectivity index (χ0) is 17.6. The van der Waals surface area contributed by atoms with E-state index in [9.17, 15) is 9.59 Å². The predicted octanol–water partition coefficient (Wildman–Crippen LogP) is 3.01. The Bertz CT molecular complexity index is 536. The molecule has 0 saturated heterocycles. The largest absolute Gasteiger partial charge is 0.467 e. The van der Waals surface area contributed by atoms with Crippen molar-refractivity contribution < 1.29 is 19.1 Å². The first-order chi connectivity index (χ1) is 10.8. The number of rotatable bonds is 7. The Hall–Kier alpha value is -1.88. The van der Waals surface area contributed by atoms with Crippen molar-refractivity contribution >= 4 is 17.6 Å². The number of anilines is 1. The normalized spacial score (nSPS) is 13.3. The molecule has 0 aromatic heterocycles. The molecule has 0 radical (unpaired) electrons. The van der Waals surface area contributed by atoms with Crippen LogP contribution in [-0.4, -0.2) is 37.7 Å². The summed E-state index contributed by atoms with van der Waals surface area (Å²) in [5.41, 5.74) is 2.60. The summed E-state index contributed by atoms with van der Waals surface area (Å²) in [4.78, 5) is 26.2. The molecule has 0 aliphatic rings. The van der Waals surface area contributed by atoms with E-state index in [0.717, 1.165) is 23.2 Å². The second-order valence-electron chi connectivity index (χ2n) is 5.73. The number of carbonyl (C=O) groups is 2. The van der Waals surface area contributed by atoms with Crippen molar-refractivity contribution in [1.82, 2.24) is 0 Å². The number of nitrogens with zero attached hydrogens (tertiary/aromatic N) is 1.